The lowest BCUT2D eigenvalue weighted by Crippen LogP contribution is -2.28. The van der Waals surface area contributed by atoms with Crippen molar-refractivity contribution in [2.45, 2.75) is 25.0 Å². The number of halogens is 2. The smallest absolute Gasteiger partial charge is 0.251 e. The Kier molecular flexibility index (Phi) is 7.45. The minimum Gasteiger partial charge on any atom is -0.342 e. The molecule has 7 nitrogen and oxygen atoms in total. The first-order chi connectivity index (χ1) is 14.7. The predicted octanol–water partition coefficient (Wildman–Crippen LogP) is 4.25. The number of aromatic nitrogens is 3. The third kappa shape index (κ3) is 5.92. The van der Waals surface area contributed by atoms with E-state index in [0.29, 0.717) is 21.0 Å². The summed E-state index contributed by atoms with van der Waals surface area (Å²) in [6.45, 7) is 3.77. The fraction of sp³-hybridized carbons (Fsp3) is 0.238. The average molecular weight is 506 g/mol. The maximum atomic E-state index is 13.9. The lowest BCUT2D eigenvalue weighted by molar-refractivity contribution is -0.113. The number of carbonyl (C=O) groups excluding carboxylic acids is 2. The molecule has 0 bridgehead atoms. The maximum absolute atomic E-state index is 13.9. The van der Waals surface area contributed by atoms with Gasteiger partial charge in [0.2, 0.25) is 5.91 Å². The van der Waals surface area contributed by atoms with Gasteiger partial charge < -0.3 is 15.2 Å². The zero-order valence-electron chi connectivity index (χ0n) is 17.1. The molecule has 31 heavy (non-hydrogen) atoms. The molecule has 0 unspecified atom stereocenters. The summed E-state index contributed by atoms with van der Waals surface area (Å²) in [6, 6.07) is 11.3. The summed E-state index contributed by atoms with van der Waals surface area (Å²) >= 11 is 4.35. The van der Waals surface area contributed by atoms with Gasteiger partial charge in [0.25, 0.3) is 5.91 Å². The highest BCUT2D eigenvalue weighted by Gasteiger charge is 2.19. The van der Waals surface area contributed by atoms with Crippen LogP contribution in [0.5, 0.6) is 0 Å². The van der Waals surface area contributed by atoms with E-state index >= 15 is 0 Å². The largest absolute Gasteiger partial charge is 0.342 e. The number of hydrogen-bond acceptors (Lipinski definition) is 5. The highest BCUT2D eigenvalue weighted by Crippen LogP contribution is 2.22. The van der Waals surface area contributed by atoms with Gasteiger partial charge in [-0.2, -0.15) is 0 Å². The van der Waals surface area contributed by atoms with Crippen molar-refractivity contribution in [2.24, 2.45) is 7.05 Å². The Morgan fingerprint density at radius 2 is 1.90 bits per heavy atom. The molecule has 2 N–H and O–H groups in total. The molecule has 0 aliphatic carbocycles. The molecule has 0 aliphatic heterocycles. The summed E-state index contributed by atoms with van der Waals surface area (Å²) in [5.41, 5.74) is 1.75. The summed E-state index contributed by atoms with van der Waals surface area (Å²) in [5, 5.41) is 14.2. The maximum Gasteiger partial charge on any atom is 0.251 e. The van der Waals surface area contributed by atoms with Crippen LogP contribution in [0.3, 0.4) is 0 Å². The van der Waals surface area contributed by atoms with Crippen LogP contribution in [0.25, 0.3) is 0 Å². The first-order valence-electron chi connectivity index (χ1n) is 9.39. The van der Waals surface area contributed by atoms with Crippen LogP contribution in [-0.2, 0) is 11.8 Å². The molecule has 0 spiro atoms. The SMILES string of the molecule is Cc1ccc(C(=O)N[C@@H](C)c2nnc(SCC(=O)Nc3ccc(Br)cc3F)n2C)cc1. The van der Waals surface area contributed by atoms with Gasteiger partial charge in [0.15, 0.2) is 11.0 Å². The Labute approximate surface area is 192 Å². The summed E-state index contributed by atoms with van der Waals surface area (Å²) in [5.74, 6) is -0.503. The van der Waals surface area contributed by atoms with Crippen molar-refractivity contribution in [3.8, 4) is 0 Å². The molecule has 0 fully saturated rings. The number of anilines is 1. The molecule has 0 radical (unpaired) electrons. The van der Waals surface area contributed by atoms with Gasteiger partial charge in [0, 0.05) is 17.1 Å². The number of nitrogens with one attached hydrogen (secondary N) is 2. The molecular weight excluding hydrogens is 485 g/mol. The van der Waals surface area contributed by atoms with Gasteiger partial charge in [-0.05, 0) is 44.2 Å². The Bertz CT molecular complexity index is 1100. The number of benzene rings is 2. The van der Waals surface area contributed by atoms with Crippen LogP contribution < -0.4 is 10.6 Å². The Balaban J connectivity index is 1.58. The zero-order chi connectivity index (χ0) is 22.5. The van der Waals surface area contributed by atoms with Crippen LogP contribution in [0, 0.1) is 12.7 Å². The van der Waals surface area contributed by atoms with Gasteiger partial charge in [-0.25, -0.2) is 4.39 Å². The fourth-order valence-corrected chi connectivity index (χ4v) is 3.84. The molecule has 2 aromatic carbocycles. The quantitative estimate of drug-likeness (QED) is 0.468. The number of aryl methyl sites for hydroxylation is 1. The van der Waals surface area contributed by atoms with Crippen LogP contribution in [0.4, 0.5) is 10.1 Å². The molecule has 3 rings (SSSR count). The van der Waals surface area contributed by atoms with Gasteiger partial charge in [-0.15, -0.1) is 10.2 Å². The van der Waals surface area contributed by atoms with Crippen molar-refractivity contribution >= 4 is 45.2 Å². The number of nitrogens with zero attached hydrogens (tertiary/aromatic N) is 3. The van der Waals surface area contributed by atoms with Gasteiger partial charge in [0.1, 0.15) is 5.82 Å². The average Bonchev–Trinajstić information content (AvgIpc) is 3.09. The molecule has 2 amide bonds. The number of amides is 2. The number of thioether (sulfide) groups is 1. The lowest BCUT2D eigenvalue weighted by atomic mass is 10.1. The van der Waals surface area contributed by atoms with Crippen LogP contribution in [-0.4, -0.2) is 32.3 Å². The summed E-state index contributed by atoms with van der Waals surface area (Å²) in [7, 11) is 1.76. The van der Waals surface area contributed by atoms with Gasteiger partial charge in [-0.1, -0.05) is 45.4 Å². The van der Waals surface area contributed by atoms with E-state index in [2.05, 4.69) is 36.8 Å². The Hall–Kier alpha value is -2.72. The van der Waals surface area contributed by atoms with E-state index in [-0.39, 0.29) is 29.3 Å². The van der Waals surface area contributed by atoms with Crippen molar-refractivity contribution in [3.05, 3.63) is 69.7 Å². The molecule has 1 atom stereocenters. The standard InChI is InChI=1S/C21H21BrFN5O2S/c1-12-4-6-14(7-5-12)20(30)24-13(2)19-26-27-21(28(19)3)31-11-18(29)25-17-9-8-15(22)10-16(17)23/h4-10,13H,11H2,1-3H3,(H,24,30)(H,25,29)/t13-/m0/s1. The molecule has 3 aromatic rings. The number of hydrogen-bond donors (Lipinski definition) is 2. The molecule has 162 valence electrons. The van der Waals surface area contributed by atoms with Crippen molar-refractivity contribution < 1.29 is 14.0 Å². The molecule has 0 aliphatic rings. The van der Waals surface area contributed by atoms with Gasteiger partial charge >= 0.3 is 0 Å². The van der Waals surface area contributed by atoms with Crippen LogP contribution in [0.1, 0.15) is 34.7 Å². The first kappa shape index (κ1) is 23.0. The topological polar surface area (TPSA) is 88.9 Å². The summed E-state index contributed by atoms with van der Waals surface area (Å²) < 4.78 is 16.2. The van der Waals surface area contributed by atoms with E-state index in [1.165, 1.54) is 23.9 Å². The van der Waals surface area contributed by atoms with Gasteiger partial charge in [0.05, 0.1) is 17.5 Å². The van der Waals surface area contributed by atoms with Crippen LogP contribution >= 0.6 is 27.7 Å². The van der Waals surface area contributed by atoms with E-state index in [0.717, 1.165) is 5.56 Å². The Morgan fingerprint density at radius 3 is 2.58 bits per heavy atom. The Morgan fingerprint density at radius 1 is 1.19 bits per heavy atom. The monoisotopic (exact) mass is 505 g/mol. The summed E-state index contributed by atoms with van der Waals surface area (Å²) in [6.07, 6.45) is 0. The minimum absolute atomic E-state index is 0.0333. The van der Waals surface area contributed by atoms with Crippen LogP contribution in [0.15, 0.2) is 52.1 Å². The van der Waals surface area contributed by atoms with Crippen molar-refractivity contribution in [2.75, 3.05) is 11.1 Å². The third-order valence-corrected chi connectivity index (χ3v) is 5.97. The van der Waals surface area contributed by atoms with Crippen LogP contribution in [0.2, 0.25) is 0 Å². The minimum atomic E-state index is -0.521. The fourth-order valence-electron chi connectivity index (χ4n) is 2.79. The number of rotatable bonds is 7. The van der Waals surface area contributed by atoms with E-state index in [1.54, 1.807) is 29.8 Å². The second-order valence-electron chi connectivity index (χ2n) is 6.92. The normalized spacial score (nSPS) is 11.8. The third-order valence-electron chi connectivity index (χ3n) is 4.45. The number of carbonyl (C=O) groups is 2. The van der Waals surface area contributed by atoms with Gasteiger partial charge in [-0.3, -0.25) is 9.59 Å². The van der Waals surface area contributed by atoms with Crippen molar-refractivity contribution in [1.82, 2.24) is 20.1 Å². The molecule has 1 aromatic heterocycles. The van der Waals surface area contributed by atoms with E-state index in [1.807, 2.05) is 26.0 Å². The zero-order valence-corrected chi connectivity index (χ0v) is 19.6. The molecule has 10 heteroatoms. The molecule has 0 saturated carbocycles. The van der Waals surface area contributed by atoms with Crippen molar-refractivity contribution in [3.63, 3.8) is 0 Å². The molecular formula is C21H21BrFN5O2S. The van der Waals surface area contributed by atoms with E-state index in [4.69, 9.17) is 0 Å². The first-order valence-corrected chi connectivity index (χ1v) is 11.2. The van der Waals surface area contributed by atoms with E-state index < -0.39 is 5.82 Å². The van der Waals surface area contributed by atoms with Crippen molar-refractivity contribution in [1.29, 1.82) is 0 Å². The van der Waals surface area contributed by atoms with E-state index in [9.17, 15) is 14.0 Å². The second kappa shape index (κ2) is 10.1. The molecule has 1 heterocycles. The highest BCUT2D eigenvalue weighted by molar-refractivity contribution is 9.10. The highest BCUT2D eigenvalue weighted by atomic mass is 79.9. The molecule has 0 saturated heterocycles. The summed E-state index contributed by atoms with van der Waals surface area (Å²) in [4.78, 5) is 24.6. The lowest BCUT2D eigenvalue weighted by Gasteiger charge is -2.14. The predicted molar refractivity (Wildman–Crippen MR) is 122 cm³/mol. The second-order valence-corrected chi connectivity index (χ2v) is 8.78.